The molecule has 2 rings (SSSR count). The first-order chi connectivity index (χ1) is 15.4. The highest BCUT2D eigenvalue weighted by atomic mass is 35.5. The van der Waals surface area contributed by atoms with E-state index in [0.29, 0.717) is 18.6 Å². The van der Waals surface area contributed by atoms with Crippen molar-refractivity contribution in [2.24, 2.45) is 5.73 Å². The molecule has 0 aliphatic carbocycles. The summed E-state index contributed by atoms with van der Waals surface area (Å²) in [6.45, 7) is 1.62. The Hall–Kier alpha value is -2.41. The van der Waals surface area contributed by atoms with Crippen LogP contribution in [0.2, 0.25) is 10.0 Å². The number of nitrogens with two attached hydrogens (primary N) is 1. The lowest BCUT2D eigenvalue weighted by molar-refractivity contribution is -0.153. The van der Waals surface area contributed by atoms with Gasteiger partial charge in [-0.3, -0.25) is 0 Å². The molecule has 0 aliphatic heterocycles. The van der Waals surface area contributed by atoms with Crippen LogP contribution in [-0.4, -0.2) is 17.0 Å². The Kier molecular flexibility index (Phi) is 7.93. The second-order valence-corrected chi connectivity index (χ2v) is 7.69. The molecule has 0 fully saturated rings. The Labute approximate surface area is 196 Å². The van der Waals surface area contributed by atoms with E-state index < -0.39 is 67.7 Å². The molecule has 15 heteroatoms. The SMILES string of the molecule is CCC/C=c1\nc(C(F)(F)F)nc(C(F)(F)F)\c1=C(/N)N(C)c1c(Cl)cc(C(F)(F)F)cc1Cl. The summed E-state index contributed by atoms with van der Waals surface area (Å²) >= 11 is 11.8. The number of alkyl halides is 9. The fraction of sp³-hybridized carbons (Fsp3) is 0.368. The summed E-state index contributed by atoms with van der Waals surface area (Å²) in [7, 11) is 1.02. The van der Waals surface area contributed by atoms with E-state index >= 15 is 0 Å². The van der Waals surface area contributed by atoms with Gasteiger partial charge in [-0.1, -0.05) is 42.6 Å². The molecule has 0 aliphatic rings. The van der Waals surface area contributed by atoms with Gasteiger partial charge in [0.15, 0.2) is 5.69 Å². The lowest BCUT2D eigenvalue weighted by atomic mass is 10.1. The summed E-state index contributed by atoms with van der Waals surface area (Å²) in [5, 5.41) is -3.01. The van der Waals surface area contributed by atoms with Gasteiger partial charge in [0.2, 0.25) is 5.82 Å². The average Bonchev–Trinajstić information content (AvgIpc) is 2.68. The van der Waals surface area contributed by atoms with E-state index in [0.717, 1.165) is 18.0 Å². The number of rotatable bonds is 4. The maximum Gasteiger partial charge on any atom is 0.451 e. The summed E-state index contributed by atoms with van der Waals surface area (Å²) in [5.41, 5.74) is 2.25. The van der Waals surface area contributed by atoms with Gasteiger partial charge >= 0.3 is 18.5 Å². The Morgan fingerprint density at radius 3 is 1.88 bits per heavy atom. The third-order valence-corrected chi connectivity index (χ3v) is 4.96. The van der Waals surface area contributed by atoms with Crippen LogP contribution in [0.5, 0.6) is 0 Å². The zero-order valence-corrected chi connectivity index (χ0v) is 18.7. The van der Waals surface area contributed by atoms with Gasteiger partial charge in [0, 0.05) is 7.05 Å². The van der Waals surface area contributed by atoms with E-state index in [1.54, 1.807) is 6.92 Å². The first kappa shape index (κ1) is 27.8. The molecule has 0 unspecified atom stereocenters. The average molecular weight is 541 g/mol. The summed E-state index contributed by atoms with van der Waals surface area (Å²) in [6.07, 6.45) is -14.1. The van der Waals surface area contributed by atoms with E-state index in [9.17, 15) is 39.5 Å². The Morgan fingerprint density at radius 2 is 1.47 bits per heavy atom. The number of benzene rings is 1. The highest BCUT2D eigenvalue weighted by molar-refractivity contribution is 6.39. The van der Waals surface area contributed by atoms with Gasteiger partial charge in [0.05, 0.1) is 31.9 Å². The van der Waals surface area contributed by atoms with Crippen molar-refractivity contribution in [1.82, 2.24) is 9.97 Å². The van der Waals surface area contributed by atoms with Crippen LogP contribution in [0.4, 0.5) is 45.2 Å². The molecular weight excluding hydrogens is 526 g/mol. The molecule has 0 atom stereocenters. The molecule has 0 saturated heterocycles. The minimum atomic E-state index is -5.40. The van der Waals surface area contributed by atoms with Crippen LogP contribution in [0, 0.1) is 0 Å². The predicted molar refractivity (Wildman–Crippen MR) is 108 cm³/mol. The van der Waals surface area contributed by atoms with Crippen molar-refractivity contribution in [1.29, 1.82) is 0 Å². The van der Waals surface area contributed by atoms with Crippen molar-refractivity contribution >= 4 is 40.8 Å². The molecule has 4 nitrogen and oxygen atoms in total. The van der Waals surface area contributed by atoms with Gasteiger partial charge in [-0.05, 0) is 18.6 Å². The van der Waals surface area contributed by atoms with E-state index in [1.165, 1.54) is 0 Å². The van der Waals surface area contributed by atoms with Crippen LogP contribution < -0.4 is 21.2 Å². The maximum absolute atomic E-state index is 13.8. The molecule has 0 radical (unpaired) electrons. The highest BCUT2D eigenvalue weighted by Gasteiger charge is 2.41. The lowest BCUT2D eigenvalue weighted by Gasteiger charge is -2.24. The normalized spacial score (nSPS) is 14.4. The second kappa shape index (κ2) is 9.68. The lowest BCUT2D eigenvalue weighted by Crippen LogP contribution is -2.45. The molecule has 0 spiro atoms. The molecule has 2 N–H and O–H groups in total. The van der Waals surface area contributed by atoms with E-state index in [4.69, 9.17) is 28.9 Å². The third-order valence-electron chi connectivity index (χ3n) is 4.38. The monoisotopic (exact) mass is 540 g/mol. The fourth-order valence-corrected chi connectivity index (χ4v) is 3.57. The van der Waals surface area contributed by atoms with Crippen LogP contribution in [-0.2, 0) is 18.5 Å². The molecule has 0 saturated carbocycles. The number of unbranched alkanes of at least 4 members (excludes halogenated alkanes) is 1. The summed E-state index contributed by atoms with van der Waals surface area (Å²) < 4.78 is 120. The molecule has 34 heavy (non-hydrogen) atoms. The standard InChI is InChI=1S/C19H15Cl2F9N4/c1-3-4-5-11-12(14(18(25,26)27)33-16(32-11)19(28,29)30)15(31)34(2)13-9(20)6-8(7-10(13)21)17(22,23)24/h5-7H,3-4,31H2,1-2H3/b11-5-,15-12+. The van der Waals surface area contributed by atoms with E-state index in [1.807, 2.05) is 0 Å². The van der Waals surface area contributed by atoms with Crippen LogP contribution in [0.3, 0.4) is 0 Å². The topological polar surface area (TPSA) is 55.0 Å². The van der Waals surface area contributed by atoms with Gasteiger partial charge in [0.1, 0.15) is 5.82 Å². The first-order valence-corrected chi connectivity index (χ1v) is 9.97. The second-order valence-electron chi connectivity index (χ2n) is 6.87. The number of nitrogens with zero attached hydrogens (tertiary/aromatic N) is 3. The van der Waals surface area contributed by atoms with Crippen molar-refractivity contribution < 1.29 is 39.5 Å². The van der Waals surface area contributed by atoms with Gasteiger partial charge in [-0.15, -0.1) is 0 Å². The fourth-order valence-electron chi connectivity index (χ4n) is 2.83. The van der Waals surface area contributed by atoms with Gasteiger partial charge in [0.25, 0.3) is 0 Å². The smallest absolute Gasteiger partial charge is 0.384 e. The van der Waals surface area contributed by atoms with Gasteiger partial charge in [-0.25, -0.2) is 9.97 Å². The van der Waals surface area contributed by atoms with Crippen molar-refractivity contribution in [2.45, 2.75) is 38.3 Å². The van der Waals surface area contributed by atoms with Crippen molar-refractivity contribution in [2.75, 3.05) is 11.9 Å². The zero-order valence-electron chi connectivity index (χ0n) is 17.2. The minimum Gasteiger partial charge on any atom is -0.384 e. The van der Waals surface area contributed by atoms with Crippen LogP contribution >= 0.6 is 23.2 Å². The molecule has 1 aromatic heterocycles. The minimum absolute atomic E-state index is 0.0391. The third kappa shape index (κ3) is 5.98. The van der Waals surface area contributed by atoms with Crippen molar-refractivity contribution in [3.63, 3.8) is 0 Å². The predicted octanol–water partition coefficient (Wildman–Crippen LogP) is 5.58. The van der Waals surface area contributed by atoms with Crippen molar-refractivity contribution in [3.05, 3.63) is 49.8 Å². The molecule has 0 amide bonds. The Morgan fingerprint density at radius 1 is 0.941 bits per heavy atom. The molecule has 2 aromatic rings. The number of anilines is 1. The molecule has 188 valence electrons. The van der Waals surface area contributed by atoms with Gasteiger partial charge < -0.3 is 10.6 Å². The van der Waals surface area contributed by atoms with Crippen LogP contribution in [0.25, 0.3) is 11.9 Å². The zero-order chi connectivity index (χ0) is 26.2. The largest absolute Gasteiger partial charge is 0.451 e. The quantitative estimate of drug-likeness (QED) is 0.514. The van der Waals surface area contributed by atoms with Crippen LogP contribution in [0.15, 0.2) is 12.1 Å². The number of hydrogen-bond acceptors (Lipinski definition) is 4. The summed E-state index contributed by atoms with van der Waals surface area (Å²) in [5.74, 6) is -2.88. The molecule has 0 bridgehead atoms. The van der Waals surface area contributed by atoms with E-state index in [2.05, 4.69) is 9.97 Å². The number of halogens is 11. The highest BCUT2D eigenvalue weighted by Crippen LogP contribution is 2.40. The first-order valence-electron chi connectivity index (χ1n) is 9.22. The molecule has 1 aromatic carbocycles. The van der Waals surface area contributed by atoms with Crippen molar-refractivity contribution in [3.8, 4) is 0 Å². The van der Waals surface area contributed by atoms with Crippen LogP contribution in [0.1, 0.15) is 36.8 Å². The number of hydrogen-bond donors (Lipinski definition) is 1. The molecule has 1 heterocycles. The maximum atomic E-state index is 13.8. The Balaban J connectivity index is 2.98. The van der Waals surface area contributed by atoms with Gasteiger partial charge in [-0.2, -0.15) is 39.5 Å². The summed E-state index contributed by atoms with van der Waals surface area (Å²) in [4.78, 5) is 6.58. The summed E-state index contributed by atoms with van der Waals surface area (Å²) in [6, 6.07) is 0.954. The molecular formula is C19H15Cl2F9N4. The number of aromatic nitrogens is 2. The van der Waals surface area contributed by atoms with E-state index in [-0.39, 0.29) is 6.42 Å². The Bertz CT molecular complexity index is 1170.